The minimum atomic E-state index is 0.380. The molecule has 4 aromatic heterocycles. The molecule has 7 aromatic rings. The lowest BCUT2D eigenvalue weighted by Gasteiger charge is -2.18. The summed E-state index contributed by atoms with van der Waals surface area (Å²) < 4.78 is 6.16. The third-order valence-corrected chi connectivity index (χ3v) is 7.90. The quantitative estimate of drug-likeness (QED) is 0.135. The van der Waals surface area contributed by atoms with Crippen molar-refractivity contribution in [2.24, 2.45) is 0 Å². The first kappa shape index (κ1) is 28.1. The van der Waals surface area contributed by atoms with E-state index in [0.717, 1.165) is 32.9 Å². The SMILES string of the molecule is N#C/C(=C(/C(=C(/C#N)c1c[nH]c2ccc(OCc3ccccc3)cc12)c1cccnc1)c1cccnc1)c1c[nH]c2ccccc12. The van der Waals surface area contributed by atoms with E-state index >= 15 is 0 Å². The van der Waals surface area contributed by atoms with Crippen LogP contribution in [-0.4, -0.2) is 19.9 Å². The molecule has 0 bridgehead atoms. The second-order valence-corrected chi connectivity index (χ2v) is 10.6. The van der Waals surface area contributed by atoms with Crippen molar-refractivity contribution in [3.8, 4) is 17.9 Å². The van der Waals surface area contributed by atoms with Gasteiger partial charge in [-0.2, -0.15) is 10.5 Å². The molecule has 0 saturated carbocycles. The largest absolute Gasteiger partial charge is 0.489 e. The zero-order chi connectivity index (χ0) is 31.3. The number of nitrogens with zero attached hydrogens (tertiary/aromatic N) is 4. The summed E-state index contributed by atoms with van der Waals surface area (Å²) in [7, 11) is 0. The molecule has 4 heterocycles. The zero-order valence-electron chi connectivity index (χ0n) is 24.6. The Labute approximate surface area is 265 Å². The molecule has 0 spiro atoms. The molecular formula is C39H26N6O. The average molecular weight is 595 g/mol. The fraction of sp³-hybridized carbons (Fsp3) is 0.0256. The van der Waals surface area contributed by atoms with E-state index in [1.165, 1.54) is 0 Å². The number of para-hydroxylation sites is 1. The third kappa shape index (κ3) is 5.30. The summed E-state index contributed by atoms with van der Waals surface area (Å²) in [6.07, 6.45) is 10.5. The Morgan fingerprint density at radius 3 is 1.83 bits per heavy atom. The molecule has 3 aromatic carbocycles. The lowest BCUT2D eigenvalue weighted by molar-refractivity contribution is 0.306. The standard InChI is InChI=1S/C39H26N6O/c40-19-32(34-23-44-36-13-5-4-12-30(34)36)38(27-10-6-16-42-21-27)39(28-11-7-17-43-22-28)33(20-41)35-24-45-37-15-14-29(18-31(35)37)46-25-26-8-2-1-3-9-26/h1-18,21-24,44-45H,25H2/b38-32-,39-33-. The van der Waals surface area contributed by atoms with Gasteiger partial charge in [-0.3, -0.25) is 9.97 Å². The van der Waals surface area contributed by atoms with Gasteiger partial charge in [0.25, 0.3) is 0 Å². The highest BCUT2D eigenvalue weighted by Crippen LogP contribution is 2.44. The Kier molecular flexibility index (Phi) is 7.63. The molecule has 0 atom stereocenters. The van der Waals surface area contributed by atoms with Gasteiger partial charge in [0.05, 0.1) is 11.1 Å². The van der Waals surface area contributed by atoms with E-state index in [1.54, 1.807) is 24.8 Å². The Morgan fingerprint density at radius 2 is 1.22 bits per heavy atom. The van der Waals surface area contributed by atoms with Crippen LogP contribution in [0.25, 0.3) is 44.1 Å². The van der Waals surface area contributed by atoms with Gasteiger partial charge in [0.2, 0.25) is 0 Å². The predicted octanol–water partition coefficient (Wildman–Crippen LogP) is 8.59. The van der Waals surface area contributed by atoms with Crippen LogP contribution in [0.2, 0.25) is 0 Å². The maximum Gasteiger partial charge on any atom is 0.120 e. The number of nitrogens with one attached hydrogen (secondary N) is 2. The molecule has 0 saturated heterocycles. The van der Waals surface area contributed by atoms with E-state index in [2.05, 4.69) is 32.1 Å². The minimum Gasteiger partial charge on any atom is -0.489 e. The molecule has 2 N–H and O–H groups in total. The molecule has 0 aliphatic rings. The van der Waals surface area contributed by atoms with Gasteiger partial charge in [0, 0.05) is 92.4 Å². The van der Waals surface area contributed by atoms with E-state index in [-0.39, 0.29) is 0 Å². The number of hydrogen-bond donors (Lipinski definition) is 2. The van der Waals surface area contributed by atoms with Gasteiger partial charge in [-0.1, -0.05) is 60.7 Å². The molecule has 0 aliphatic carbocycles. The van der Waals surface area contributed by atoms with E-state index in [4.69, 9.17) is 4.74 Å². The van der Waals surface area contributed by atoms with Gasteiger partial charge in [0.1, 0.15) is 24.5 Å². The third-order valence-electron chi connectivity index (χ3n) is 7.90. The Balaban J connectivity index is 1.50. The number of H-pyrrole nitrogens is 2. The molecule has 0 fully saturated rings. The fourth-order valence-electron chi connectivity index (χ4n) is 5.77. The smallest absolute Gasteiger partial charge is 0.120 e. The van der Waals surface area contributed by atoms with Gasteiger partial charge in [-0.05, 0) is 42.0 Å². The second kappa shape index (κ2) is 12.5. The Bertz CT molecular complexity index is 2320. The van der Waals surface area contributed by atoms with Crippen molar-refractivity contribution in [3.63, 3.8) is 0 Å². The number of ether oxygens (including phenoxy) is 1. The summed E-state index contributed by atoms with van der Waals surface area (Å²) in [5, 5.41) is 23.5. The molecule has 0 aliphatic heterocycles. The predicted molar refractivity (Wildman–Crippen MR) is 181 cm³/mol. The van der Waals surface area contributed by atoms with Crippen molar-refractivity contribution in [2.75, 3.05) is 0 Å². The molecule has 7 nitrogen and oxygen atoms in total. The Morgan fingerprint density at radius 1 is 0.630 bits per heavy atom. The normalized spacial score (nSPS) is 12.2. The lowest BCUT2D eigenvalue weighted by Crippen LogP contribution is -2.00. The van der Waals surface area contributed by atoms with Crippen LogP contribution in [0.3, 0.4) is 0 Å². The van der Waals surface area contributed by atoms with Crippen molar-refractivity contribution < 1.29 is 4.74 Å². The van der Waals surface area contributed by atoms with Crippen LogP contribution in [0, 0.1) is 22.7 Å². The molecular weight excluding hydrogens is 568 g/mol. The van der Waals surface area contributed by atoms with Crippen LogP contribution in [0.4, 0.5) is 0 Å². The number of pyridine rings is 2. The first-order valence-electron chi connectivity index (χ1n) is 14.7. The molecule has 7 rings (SSSR count). The summed E-state index contributed by atoms with van der Waals surface area (Å²) in [6.45, 7) is 0.415. The van der Waals surface area contributed by atoms with Crippen LogP contribution in [0.1, 0.15) is 27.8 Å². The van der Waals surface area contributed by atoms with Crippen molar-refractivity contribution in [2.45, 2.75) is 6.61 Å². The molecule has 46 heavy (non-hydrogen) atoms. The van der Waals surface area contributed by atoms with Crippen LogP contribution in [0.5, 0.6) is 5.75 Å². The highest BCUT2D eigenvalue weighted by molar-refractivity contribution is 6.27. The lowest BCUT2D eigenvalue weighted by atomic mass is 9.83. The van der Waals surface area contributed by atoms with Crippen LogP contribution >= 0.6 is 0 Å². The van der Waals surface area contributed by atoms with Gasteiger partial charge >= 0.3 is 0 Å². The molecule has 218 valence electrons. The van der Waals surface area contributed by atoms with Gasteiger partial charge < -0.3 is 14.7 Å². The van der Waals surface area contributed by atoms with Crippen LogP contribution in [-0.2, 0) is 6.61 Å². The number of hydrogen-bond acceptors (Lipinski definition) is 5. The number of allylic oxidation sites excluding steroid dienone is 4. The Hall–Kier alpha value is -6.70. The number of benzene rings is 3. The molecule has 0 amide bonds. The van der Waals surface area contributed by atoms with E-state index in [9.17, 15) is 10.5 Å². The van der Waals surface area contributed by atoms with Crippen LogP contribution in [0.15, 0.2) is 134 Å². The summed E-state index contributed by atoms with van der Waals surface area (Å²) in [5.41, 5.74) is 7.55. The zero-order valence-corrected chi connectivity index (χ0v) is 24.6. The number of fused-ring (bicyclic) bond motifs is 2. The molecule has 0 radical (unpaired) electrons. The molecule has 7 heteroatoms. The number of aromatic nitrogens is 4. The highest BCUT2D eigenvalue weighted by atomic mass is 16.5. The first-order chi connectivity index (χ1) is 22.7. The summed E-state index contributed by atoms with van der Waals surface area (Å²) in [4.78, 5) is 15.4. The minimum absolute atomic E-state index is 0.380. The van der Waals surface area contributed by atoms with E-state index in [0.29, 0.717) is 51.3 Å². The van der Waals surface area contributed by atoms with Gasteiger partial charge in [-0.15, -0.1) is 0 Å². The average Bonchev–Trinajstić information content (AvgIpc) is 3.74. The topological polar surface area (TPSA) is 114 Å². The maximum absolute atomic E-state index is 11.0. The number of nitriles is 2. The van der Waals surface area contributed by atoms with Gasteiger partial charge in [0.15, 0.2) is 0 Å². The number of aromatic amines is 2. The van der Waals surface area contributed by atoms with Crippen molar-refractivity contribution in [1.82, 2.24) is 19.9 Å². The first-order valence-corrected chi connectivity index (χ1v) is 14.7. The van der Waals surface area contributed by atoms with E-state index < -0.39 is 0 Å². The fourth-order valence-corrected chi connectivity index (χ4v) is 5.77. The summed E-state index contributed by atoms with van der Waals surface area (Å²) in [5.74, 6) is 0.678. The monoisotopic (exact) mass is 594 g/mol. The summed E-state index contributed by atoms with van der Waals surface area (Å²) >= 11 is 0. The van der Waals surface area contributed by atoms with Crippen molar-refractivity contribution in [3.05, 3.63) is 162 Å². The van der Waals surface area contributed by atoms with E-state index in [1.807, 2.05) is 109 Å². The maximum atomic E-state index is 11.0. The number of rotatable bonds is 8. The van der Waals surface area contributed by atoms with Crippen molar-refractivity contribution >= 4 is 44.1 Å². The molecule has 0 unspecified atom stereocenters. The van der Waals surface area contributed by atoms with Gasteiger partial charge in [-0.25, -0.2) is 0 Å². The highest BCUT2D eigenvalue weighted by Gasteiger charge is 2.25. The van der Waals surface area contributed by atoms with Crippen molar-refractivity contribution in [1.29, 1.82) is 10.5 Å². The van der Waals surface area contributed by atoms with Crippen LogP contribution < -0.4 is 4.74 Å². The second-order valence-electron chi connectivity index (χ2n) is 10.6. The summed E-state index contributed by atoms with van der Waals surface area (Å²) in [6, 6.07) is 36.1.